The van der Waals surface area contributed by atoms with Crippen LogP contribution in [0.1, 0.15) is 26.7 Å². The largest absolute Gasteiger partial charge is 0.481 e. The molecule has 1 heterocycles. The molecular weight excluding hydrogens is 236 g/mol. The van der Waals surface area contributed by atoms with E-state index in [1.54, 1.807) is 4.90 Å². The van der Waals surface area contributed by atoms with E-state index in [2.05, 4.69) is 5.32 Å². The van der Waals surface area contributed by atoms with Gasteiger partial charge in [0.2, 0.25) is 0 Å². The van der Waals surface area contributed by atoms with Gasteiger partial charge in [-0.1, -0.05) is 0 Å². The lowest BCUT2D eigenvalue weighted by Crippen LogP contribution is -2.47. The maximum Gasteiger partial charge on any atom is 0.317 e. The monoisotopic (exact) mass is 258 g/mol. The van der Waals surface area contributed by atoms with E-state index in [4.69, 9.17) is 9.84 Å². The summed E-state index contributed by atoms with van der Waals surface area (Å²) < 4.78 is 5.31. The zero-order valence-corrected chi connectivity index (χ0v) is 11.0. The molecular formula is C12H22N2O4. The third-order valence-corrected chi connectivity index (χ3v) is 2.89. The van der Waals surface area contributed by atoms with E-state index >= 15 is 0 Å². The number of likely N-dealkylation sites (tertiary alicyclic amines) is 1. The van der Waals surface area contributed by atoms with E-state index in [1.165, 1.54) is 0 Å². The topological polar surface area (TPSA) is 78.9 Å². The molecule has 0 bridgehead atoms. The van der Waals surface area contributed by atoms with E-state index in [0.717, 1.165) is 6.42 Å². The second-order valence-corrected chi connectivity index (χ2v) is 4.77. The summed E-state index contributed by atoms with van der Waals surface area (Å²) in [5, 5.41) is 11.7. The van der Waals surface area contributed by atoms with Crippen LogP contribution in [-0.2, 0) is 9.53 Å². The minimum atomic E-state index is -0.823. The summed E-state index contributed by atoms with van der Waals surface area (Å²) in [4.78, 5) is 24.2. The normalized spacial score (nSPS) is 19.9. The van der Waals surface area contributed by atoms with Crippen molar-refractivity contribution in [2.45, 2.75) is 32.8 Å². The molecule has 1 saturated heterocycles. The molecule has 0 aromatic rings. The first-order valence-corrected chi connectivity index (χ1v) is 6.38. The number of nitrogens with one attached hydrogen (secondary N) is 1. The van der Waals surface area contributed by atoms with Crippen LogP contribution in [-0.4, -0.2) is 54.4 Å². The van der Waals surface area contributed by atoms with Crippen molar-refractivity contribution in [3.05, 3.63) is 0 Å². The van der Waals surface area contributed by atoms with Crippen LogP contribution in [0, 0.1) is 5.92 Å². The van der Waals surface area contributed by atoms with Crippen molar-refractivity contribution in [2.24, 2.45) is 5.92 Å². The number of carboxylic acid groups (broad SMARTS) is 1. The van der Waals surface area contributed by atoms with Crippen molar-refractivity contribution in [3.63, 3.8) is 0 Å². The van der Waals surface area contributed by atoms with Crippen LogP contribution in [0.25, 0.3) is 0 Å². The Balaban J connectivity index is 2.26. The summed E-state index contributed by atoms with van der Waals surface area (Å²) in [5.74, 6) is -1.26. The van der Waals surface area contributed by atoms with Gasteiger partial charge in [-0.25, -0.2) is 4.79 Å². The number of amides is 2. The van der Waals surface area contributed by atoms with Crippen molar-refractivity contribution in [1.29, 1.82) is 0 Å². The van der Waals surface area contributed by atoms with Crippen LogP contribution in [0.3, 0.4) is 0 Å². The highest BCUT2D eigenvalue weighted by molar-refractivity contribution is 5.76. The van der Waals surface area contributed by atoms with Gasteiger partial charge in [-0.15, -0.1) is 0 Å². The molecule has 1 aliphatic heterocycles. The van der Waals surface area contributed by atoms with Gasteiger partial charge in [-0.2, -0.15) is 0 Å². The fraction of sp³-hybridized carbons (Fsp3) is 0.833. The predicted octanol–water partition coefficient (Wildman–Crippen LogP) is 0.918. The highest BCUT2D eigenvalue weighted by Gasteiger charge is 2.27. The van der Waals surface area contributed by atoms with Crippen molar-refractivity contribution < 1.29 is 19.4 Å². The van der Waals surface area contributed by atoms with Crippen molar-refractivity contribution in [1.82, 2.24) is 10.2 Å². The molecule has 1 aliphatic rings. The van der Waals surface area contributed by atoms with Crippen molar-refractivity contribution in [2.75, 3.05) is 26.2 Å². The second-order valence-electron chi connectivity index (χ2n) is 4.77. The Bertz CT molecular complexity index is 294. The maximum absolute atomic E-state index is 11.8. The number of carbonyl (C=O) groups is 2. The number of carbonyl (C=O) groups excluding carboxylic acids is 1. The molecule has 0 unspecified atom stereocenters. The molecule has 1 fully saturated rings. The quantitative estimate of drug-likeness (QED) is 0.719. The molecule has 0 radical (unpaired) electrons. The van der Waals surface area contributed by atoms with Crippen molar-refractivity contribution >= 4 is 12.0 Å². The van der Waals surface area contributed by atoms with Crippen LogP contribution in [0.4, 0.5) is 4.79 Å². The SMILES string of the molecule is CC(C)OCCNC(=O)N1CCC[C@H](C(=O)O)C1. The number of ether oxygens (including phenoxy) is 1. The lowest BCUT2D eigenvalue weighted by molar-refractivity contribution is -0.143. The standard InChI is InChI=1S/C12H22N2O4/c1-9(2)18-7-5-13-12(17)14-6-3-4-10(8-14)11(15)16/h9-10H,3-8H2,1-2H3,(H,13,17)(H,15,16)/t10-/m0/s1. The lowest BCUT2D eigenvalue weighted by Gasteiger charge is -2.30. The Hall–Kier alpha value is -1.30. The van der Waals surface area contributed by atoms with Gasteiger partial charge in [0.05, 0.1) is 18.6 Å². The van der Waals surface area contributed by atoms with Crippen LogP contribution in [0.15, 0.2) is 0 Å². The Labute approximate surface area is 107 Å². The number of hydrogen-bond acceptors (Lipinski definition) is 3. The Kier molecular flexibility index (Phi) is 5.91. The zero-order valence-electron chi connectivity index (χ0n) is 11.0. The first-order chi connectivity index (χ1) is 8.50. The summed E-state index contributed by atoms with van der Waals surface area (Å²) in [7, 11) is 0. The number of piperidine rings is 1. The molecule has 1 atom stereocenters. The summed E-state index contributed by atoms with van der Waals surface area (Å²) in [6, 6.07) is -0.201. The second kappa shape index (κ2) is 7.20. The summed E-state index contributed by atoms with van der Waals surface area (Å²) in [5.41, 5.74) is 0. The fourth-order valence-corrected chi connectivity index (χ4v) is 1.93. The van der Waals surface area contributed by atoms with Gasteiger partial charge in [0, 0.05) is 19.6 Å². The average molecular weight is 258 g/mol. The van der Waals surface area contributed by atoms with Crippen LogP contribution in [0.5, 0.6) is 0 Å². The van der Waals surface area contributed by atoms with E-state index in [0.29, 0.717) is 32.7 Å². The number of rotatable bonds is 5. The van der Waals surface area contributed by atoms with E-state index in [1.807, 2.05) is 13.8 Å². The molecule has 6 heteroatoms. The van der Waals surface area contributed by atoms with E-state index < -0.39 is 11.9 Å². The van der Waals surface area contributed by atoms with Gasteiger partial charge in [-0.05, 0) is 26.7 Å². The van der Waals surface area contributed by atoms with Crippen molar-refractivity contribution in [3.8, 4) is 0 Å². The van der Waals surface area contributed by atoms with Gasteiger partial charge < -0.3 is 20.1 Å². The Morgan fingerprint density at radius 2 is 2.22 bits per heavy atom. The highest BCUT2D eigenvalue weighted by atomic mass is 16.5. The van der Waals surface area contributed by atoms with Gasteiger partial charge in [-0.3, -0.25) is 4.79 Å². The molecule has 0 aromatic carbocycles. The van der Waals surface area contributed by atoms with Gasteiger partial charge in [0.1, 0.15) is 0 Å². The number of hydrogen-bond donors (Lipinski definition) is 2. The molecule has 18 heavy (non-hydrogen) atoms. The third kappa shape index (κ3) is 4.91. The molecule has 1 rings (SSSR count). The van der Waals surface area contributed by atoms with Gasteiger partial charge in [0.15, 0.2) is 0 Å². The van der Waals surface area contributed by atoms with Gasteiger partial charge >= 0.3 is 12.0 Å². The summed E-state index contributed by atoms with van der Waals surface area (Å²) in [6.45, 7) is 5.71. The average Bonchev–Trinajstić information content (AvgIpc) is 2.34. The number of carboxylic acids is 1. The first kappa shape index (κ1) is 14.8. The maximum atomic E-state index is 11.8. The van der Waals surface area contributed by atoms with Crippen LogP contribution >= 0.6 is 0 Å². The fourth-order valence-electron chi connectivity index (χ4n) is 1.93. The van der Waals surface area contributed by atoms with Gasteiger partial charge in [0.25, 0.3) is 0 Å². The van der Waals surface area contributed by atoms with Crippen LogP contribution in [0.2, 0.25) is 0 Å². The predicted molar refractivity (Wildman–Crippen MR) is 66.4 cm³/mol. The molecule has 0 aliphatic carbocycles. The molecule has 0 saturated carbocycles. The smallest absolute Gasteiger partial charge is 0.317 e. The van der Waals surface area contributed by atoms with E-state index in [9.17, 15) is 9.59 Å². The molecule has 104 valence electrons. The number of aliphatic carboxylic acids is 1. The van der Waals surface area contributed by atoms with E-state index in [-0.39, 0.29) is 12.1 Å². The minimum Gasteiger partial charge on any atom is -0.481 e. The Morgan fingerprint density at radius 1 is 1.50 bits per heavy atom. The summed E-state index contributed by atoms with van der Waals surface area (Å²) in [6.07, 6.45) is 1.54. The molecule has 0 aromatic heterocycles. The minimum absolute atomic E-state index is 0.147. The highest BCUT2D eigenvalue weighted by Crippen LogP contribution is 2.16. The number of nitrogens with zero attached hydrogens (tertiary/aromatic N) is 1. The first-order valence-electron chi connectivity index (χ1n) is 6.38. The Morgan fingerprint density at radius 3 is 2.83 bits per heavy atom. The third-order valence-electron chi connectivity index (χ3n) is 2.89. The molecule has 6 nitrogen and oxygen atoms in total. The lowest BCUT2D eigenvalue weighted by atomic mass is 9.99. The zero-order chi connectivity index (χ0) is 13.5. The number of urea groups is 1. The molecule has 2 amide bonds. The molecule has 2 N–H and O–H groups in total. The summed E-state index contributed by atoms with van der Waals surface area (Å²) >= 11 is 0. The molecule has 0 spiro atoms. The van der Waals surface area contributed by atoms with Crippen LogP contribution < -0.4 is 5.32 Å².